The first-order chi connectivity index (χ1) is 17.3. The van der Waals surface area contributed by atoms with E-state index in [0.717, 1.165) is 11.1 Å². The van der Waals surface area contributed by atoms with Crippen molar-refractivity contribution in [3.63, 3.8) is 0 Å². The van der Waals surface area contributed by atoms with Crippen LogP contribution in [0.15, 0.2) is 48.5 Å². The van der Waals surface area contributed by atoms with Crippen LogP contribution in [0.5, 0.6) is 0 Å². The Balaban J connectivity index is 2.25. The van der Waals surface area contributed by atoms with Crippen LogP contribution in [-0.4, -0.2) is 47.3 Å². The number of carboxylic acid groups (broad SMARTS) is 1. The molecule has 1 heterocycles. The molecule has 2 aromatic rings. The van der Waals surface area contributed by atoms with E-state index in [9.17, 15) is 23.1 Å². The lowest BCUT2D eigenvalue weighted by Gasteiger charge is -2.52. The predicted octanol–water partition coefficient (Wildman–Crippen LogP) is 6.52. The molecule has 0 spiro atoms. The van der Waals surface area contributed by atoms with Gasteiger partial charge >= 0.3 is 5.97 Å². The number of likely N-dealkylation sites (tertiary alicyclic amines) is 1. The standard InChI is InChI=1S/C28H35Cl2NO5S/c1-5-18(3)37(35,36)17-23(6-2)31-26(19-10-12-21(29)13-11-19)24(20-8-7-9-22(30)14-20)15-28(4,27(31)34)16-25(32)33/h7-14,18,23-24,26H,5-6,15-17H2,1-4H3,(H,32,33)/t18-,23+,24-,26-,28+/m1/s1. The van der Waals surface area contributed by atoms with Crippen molar-refractivity contribution < 1.29 is 23.1 Å². The second kappa shape index (κ2) is 11.7. The quantitative estimate of drug-likeness (QED) is 0.352. The van der Waals surface area contributed by atoms with Gasteiger partial charge in [0.2, 0.25) is 5.91 Å². The number of piperidine rings is 1. The Morgan fingerprint density at radius 2 is 1.73 bits per heavy atom. The SMILES string of the molecule is CC[C@@H](CS(=O)(=O)[C@H](C)CC)N1C(=O)[C@](C)(CC(=O)O)C[C@H](c2cccc(Cl)c2)[C@H]1c1ccc(Cl)cc1. The second-order valence-electron chi connectivity index (χ2n) is 10.3. The van der Waals surface area contributed by atoms with Gasteiger partial charge in [0.25, 0.3) is 0 Å². The van der Waals surface area contributed by atoms with Gasteiger partial charge in [0.05, 0.1) is 28.9 Å². The molecule has 1 N–H and O–H groups in total. The first kappa shape index (κ1) is 29.5. The average Bonchev–Trinajstić information content (AvgIpc) is 2.83. The highest BCUT2D eigenvalue weighted by atomic mass is 35.5. The van der Waals surface area contributed by atoms with Gasteiger partial charge in [-0.1, -0.05) is 68.2 Å². The summed E-state index contributed by atoms with van der Waals surface area (Å²) >= 11 is 12.5. The Bertz CT molecular complexity index is 1230. The Morgan fingerprint density at radius 1 is 1.08 bits per heavy atom. The molecule has 0 bridgehead atoms. The first-order valence-electron chi connectivity index (χ1n) is 12.6. The summed E-state index contributed by atoms with van der Waals surface area (Å²) in [5, 5.41) is 10.3. The van der Waals surface area contributed by atoms with Gasteiger partial charge in [-0.05, 0) is 61.6 Å². The van der Waals surface area contributed by atoms with Crippen molar-refractivity contribution in [3.05, 3.63) is 69.7 Å². The number of hydrogen-bond acceptors (Lipinski definition) is 4. The molecular weight excluding hydrogens is 533 g/mol. The average molecular weight is 569 g/mol. The van der Waals surface area contributed by atoms with Crippen molar-refractivity contribution in [2.75, 3.05) is 5.75 Å². The highest BCUT2D eigenvalue weighted by Crippen LogP contribution is 2.52. The van der Waals surface area contributed by atoms with Crippen LogP contribution in [0.25, 0.3) is 0 Å². The van der Waals surface area contributed by atoms with Gasteiger partial charge in [0, 0.05) is 22.0 Å². The van der Waals surface area contributed by atoms with Crippen molar-refractivity contribution >= 4 is 44.9 Å². The fraction of sp³-hybridized carbons (Fsp3) is 0.500. The molecule has 1 aliphatic heterocycles. The number of rotatable bonds is 10. The maximum absolute atomic E-state index is 14.2. The van der Waals surface area contributed by atoms with Gasteiger partial charge < -0.3 is 10.0 Å². The number of aliphatic carboxylic acids is 1. The van der Waals surface area contributed by atoms with Gasteiger partial charge in [-0.2, -0.15) is 0 Å². The minimum absolute atomic E-state index is 0.195. The summed E-state index contributed by atoms with van der Waals surface area (Å²) in [6, 6.07) is 13.4. The normalized spacial score (nSPS) is 24.1. The van der Waals surface area contributed by atoms with E-state index in [2.05, 4.69) is 0 Å². The number of benzene rings is 2. The van der Waals surface area contributed by atoms with Crippen LogP contribution >= 0.6 is 23.2 Å². The number of carbonyl (C=O) groups excluding carboxylic acids is 1. The zero-order valence-electron chi connectivity index (χ0n) is 21.7. The van der Waals surface area contributed by atoms with Crippen LogP contribution in [0.2, 0.25) is 10.0 Å². The molecule has 9 heteroatoms. The van der Waals surface area contributed by atoms with Crippen molar-refractivity contribution in [1.29, 1.82) is 0 Å². The Kier molecular flexibility index (Phi) is 9.36. The summed E-state index contributed by atoms with van der Waals surface area (Å²) < 4.78 is 26.5. The number of sulfone groups is 1. The van der Waals surface area contributed by atoms with E-state index in [4.69, 9.17) is 23.2 Å². The molecule has 0 aromatic heterocycles. The Labute approximate surface area is 229 Å². The fourth-order valence-electron chi connectivity index (χ4n) is 5.36. The van der Waals surface area contributed by atoms with Crippen LogP contribution in [0.3, 0.4) is 0 Å². The zero-order valence-corrected chi connectivity index (χ0v) is 24.0. The van der Waals surface area contributed by atoms with Gasteiger partial charge in [-0.3, -0.25) is 9.59 Å². The molecule has 0 radical (unpaired) electrons. The van der Waals surface area contributed by atoms with E-state index >= 15 is 0 Å². The van der Waals surface area contributed by atoms with E-state index in [1.165, 1.54) is 0 Å². The van der Waals surface area contributed by atoms with Crippen molar-refractivity contribution in [1.82, 2.24) is 4.90 Å². The Morgan fingerprint density at radius 3 is 2.27 bits per heavy atom. The smallest absolute Gasteiger partial charge is 0.304 e. The van der Waals surface area contributed by atoms with Crippen molar-refractivity contribution in [2.45, 2.75) is 76.6 Å². The van der Waals surface area contributed by atoms with Gasteiger partial charge in [-0.15, -0.1) is 0 Å². The van der Waals surface area contributed by atoms with Crippen LogP contribution in [0.1, 0.15) is 76.5 Å². The largest absolute Gasteiger partial charge is 0.481 e. The topological polar surface area (TPSA) is 91.8 Å². The number of hydrogen-bond donors (Lipinski definition) is 1. The summed E-state index contributed by atoms with van der Waals surface area (Å²) in [6.07, 6.45) is 0.782. The molecule has 1 amide bonds. The number of amides is 1. The summed E-state index contributed by atoms with van der Waals surface area (Å²) in [5.74, 6) is -1.94. The molecule has 6 nitrogen and oxygen atoms in total. The summed E-state index contributed by atoms with van der Waals surface area (Å²) in [6.45, 7) is 7.04. The van der Waals surface area contributed by atoms with E-state index < -0.39 is 38.6 Å². The molecule has 2 aromatic carbocycles. The molecule has 1 aliphatic rings. The van der Waals surface area contributed by atoms with E-state index in [1.54, 1.807) is 36.9 Å². The molecule has 202 valence electrons. The van der Waals surface area contributed by atoms with Crippen LogP contribution < -0.4 is 0 Å². The van der Waals surface area contributed by atoms with Crippen LogP contribution in [0.4, 0.5) is 0 Å². The third kappa shape index (κ3) is 6.50. The van der Waals surface area contributed by atoms with Crippen molar-refractivity contribution in [3.8, 4) is 0 Å². The maximum atomic E-state index is 14.2. The highest BCUT2D eigenvalue weighted by Gasteiger charge is 2.52. The van der Waals surface area contributed by atoms with Gasteiger partial charge in [0.1, 0.15) is 0 Å². The lowest BCUT2D eigenvalue weighted by molar-refractivity contribution is -0.160. The fourth-order valence-corrected chi connectivity index (χ4v) is 7.46. The molecule has 1 saturated heterocycles. The molecule has 0 aliphatic carbocycles. The second-order valence-corrected chi connectivity index (χ2v) is 13.7. The molecule has 1 fully saturated rings. The number of halogens is 2. The minimum Gasteiger partial charge on any atom is -0.481 e. The molecular formula is C28H35Cl2NO5S. The van der Waals surface area contributed by atoms with Gasteiger partial charge in [-0.25, -0.2) is 8.42 Å². The van der Waals surface area contributed by atoms with Crippen LogP contribution in [0, 0.1) is 5.41 Å². The maximum Gasteiger partial charge on any atom is 0.304 e. The van der Waals surface area contributed by atoms with Crippen molar-refractivity contribution in [2.24, 2.45) is 5.41 Å². The lowest BCUT2D eigenvalue weighted by atomic mass is 9.67. The summed E-state index contributed by atoms with van der Waals surface area (Å²) in [5.41, 5.74) is 0.440. The predicted molar refractivity (Wildman–Crippen MR) is 148 cm³/mol. The molecule has 5 atom stereocenters. The van der Waals surface area contributed by atoms with E-state index in [0.29, 0.717) is 22.9 Å². The number of carboxylic acids is 1. The third-order valence-corrected chi connectivity index (χ3v) is 10.5. The molecule has 37 heavy (non-hydrogen) atoms. The monoisotopic (exact) mass is 567 g/mol. The van der Waals surface area contributed by atoms with E-state index in [1.807, 2.05) is 44.2 Å². The van der Waals surface area contributed by atoms with E-state index in [-0.39, 0.29) is 30.4 Å². The molecule has 3 rings (SSSR count). The third-order valence-electron chi connectivity index (χ3n) is 7.61. The summed E-state index contributed by atoms with van der Waals surface area (Å²) in [4.78, 5) is 27.8. The first-order valence-corrected chi connectivity index (χ1v) is 15.1. The zero-order chi connectivity index (χ0) is 27.5. The molecule has 0 saturated carbocycles. The minimum atomic E-state index is -3.51. The number of nitrogens with zero attached hydrogens (tertiary/aromatic N) is 1. The highest BCUT2D eigenvalue weighted by molar-refractivity contribution is 7.92. The van der Waals surface area contributed by atoms with Crippen LogP contribution in [-0.2, 0) is 19.4 Å². The van der Waals surface area contributed by atoms with Gasteiger partial charge in [0.15, 0.2) is 9.84 Å². The summed E-state index contributed by atoms with van der Waals surface area (Å²) in [7, 11) is -3.51. The number of carbonyl (C=O) groups is 2. The molecule has 0 unspecified atom stereocenters. The Hall–Kier alpha value is -2.09. The lowest BCUT2D eigenvalue weighted by Crippen LogP contribution is -2.57.